The monoisotopic (exact) mass is 573 g/mol. The largest absolute Gasteiger partial charge is 0.507 e. The Labute approximate surface area is 240 Å². The van der Waals surface area contributed by atoms with Crippen molar-refractivity contribution in [2.45, 2.75) is 30.0 Å². The number of Topliss-reactive ketones (excluding diaryl/α,β-unsaturated/α-hetero) is 1. The molecule has 1 aliphatic heterocycles. The van der Waals surface area contributed by atoms with Gasteiger partial charge in [0.25, 0.3) is 5.78 Å². The van der Waals surface area contributed by atoms with Crippen molar-refractivity contribution in [1.82, 2.24) is 10.2 Å². The molecule has 10 heteroatoms. The normalized spacial score (nSPS) is 16.4. The number of aryl methyl sites for hydroxylation is 2. The second-order valence-corrected chi connectivity index (χ2v) is 11.5. The highest BCUT2D eigenvalue weighted by Gasteiger charge is 2.48. The molecule has 0 saturated carbocycles. The number of nitrogens with zero attached hydrogens (tertiary/aromatic N) is 3. The summed E-state index contributed by atoms with van der Waals surface area (Å²) in [6, 6.07) is 19.5. The smallest absolute Gasteiger partial charge is 0.301 e. The summed E-state index contributed by atoms with van der Waals surface area (Å²) in [5.41, 5.74) is 4.26. The minimum absolute atomic E-state index is 0.0369. The number of carbonyl (C=O) groups excluding carboxylic acids is 2. The first-order valence-electron chi connectivity index (χ1n) is 12.4. The average molecular weight is 574 g/mol. The number of rotatable bonds is 8. The molecule has 0 aliphatic carbocycles. The molecule has 204 valence electrons. The van der Waals surface area contributed by atoms with Gasteiger partial charge in [-0.05, 0) is 37.1 Å². The molecule has 1 amide bonds. The zero-order valence-electron chi connectivity index (χ0n) is 22.4. The number of hydrogen-bond acceptors (Lipinski definition) is 9. The van der Waals surface area contributed by atoms with Crippen LogP contribution in [0.5, 0.6) is 11.5 Å². The number of carbonyl (C=O) groups is 2. The van der Waals surface area contributed by atoms with Crippen LogP contribution in [0.4, 0.5) is 5.13 Å². The second-order valence-electron chi connectivity index (χ2n) is 9.27. The van der Waals surface area contributed by atoms with E-state index in [2.05, 4.69) is 34.5 Å². The van der Waals surface area contributed by atoms with Crippen LogP contribution in [0.2, 0.25) is 0 Å². The van der Waals surface area contributed by atoms with Gasteiger partial charge in [0.05, 0.1) is 25.8 Å². The zero-order valence-corrected chi connectivity index (χ0v) is 24.0. The predicted octanol–water partition coefficient (Wildman–Crippen LogP) is 6.09. The molecule has 1 aliphatic rings. The van der Waals surface area contributed by atoms with Crippen LogP contribution in [0.1, 0.15) is 33.9 Å². The number of ether oxygens (including phenoxy) is 2. The number of aliphatic hydroxyl groups excluding tert-OH is 1. The summed E-state index contributed by atoms with van der Waals surface area (Å²) in [5.74, 6) is -0.263. The number of methoxy groups -OCH3 is 2. The van der Waals surface area contributed by atoms with E-state index in [4.69, 9.17) is 9.47 Å². The molecule has 3 aromatic carbocycles. The fourth-order valence-corrected chi connectivity index (χ4v) is 6.25. The summed E-state index contributed by atoms with van der Waals surface area (Å²) >= 11 is 2.72. The van der Waals surface area contributed by atoms with E-state index in [-0.39, 0.29) is 16.5 Å². The molecule has 0 radical (unpaired) electrons. The number of thioether (sulfide) groups is 1. The van der Waals surface area contributed by atoms with Gasteiger partial charge in [-0.15, -0.1) is 10.2 Å². The second kappa shape index (κ2) is 11.5. The van der Waals surface area contributed by atoms with Gasteiger partial charge in [0.2, 0.25) is 5.13 Å². The van der Waals surface area contributed by atoms with Crippen LogP contribution in [0, 0.1) is 13.8 Å². The van der Waals surface area contributed by atoms with Crippen molar-refractivity contribution in [1.29, 1.82) is 0 Å². The summed E-state index contributed by atoms with van der Waals surface area (Å²) in [6.07, 6.45) is 0. The van der Waals surface area contributed by atoms with Gasteiger partial charge in [0.1, 0.15) is 5.76 Å². The van der Waals surface area contributed by atoms with Gasteiger partial charge in [0.15, 0.2) is 15.8 Å². The van der Waals surface area contributed by atoms with Crippen LogP contribution in [-0.2, 0) is 15.3 Å². The maximum absolute atomic E-state index is 13.5. The number of ketones is 1. The number of benzene rings is 3. The Morgan fingerprint density at radius 2 is 1.57 bits per heavy atom. The van der Waals surface area contributed by atoms with Crippen molar-refractivity contribution in [3.05, 3.63) is 100 Å². The Morgan fingerprint density at radius 1 is 0.925 bits per heavy atom. The van der Waals surface area contributed by atoms with Crippen molar-refractivity contribution in [3.63, 3.8) is 0 Å². The fraction of sp³-hybridized carbons (Fsp3) is 0.200. The molecule has 2 heterocycles. The number of amides is 1. The zero-order chi connectivity index (χ0) is 28.4. The first kappa shape index (κ1) is 27.4. The minimum atomic E-state index is -0.955. The van der Waals surface area contributed by atoms with E-state index in [0.717, 1.165) is 11.1 Å². The fourth-order valence-electron chi connectivity index (χ4n) is 4.42. The highest BCUT2D eigenvalue weighted by Crippen LogP contribution is 2.45. The van der Waals surface area contributed by atoms with Gasteiger partial charge in [-0.25, -0.2) is 0 Å². The summed E-state index contributed by atoms with van der Waals surface area (Å²) in [7, 11) is 3.03. The lowest BCUT2D eigenvalue weighted by Crippen LogP contribution is -2.29. The van der Waals surface area contributed by atoms with Gasteiger partial charge >= 0.3 is 5.91 Å². The summed E-state index contributed by atoms with van der Waals surface area (Å²) in [6.45, 7) is 3.97. The molecule has 0 bridgehead atoms. The standard InChI is InChI=1S/C30H27N3O5S2/c1-17-5-9-19(10-6-17)16-39-30-32-31-29(40-30)33-25(21-13-14-22(37-3)23(15-21)38-4)24(27(35)28(33)36)26(34)20-11-7-18(2)8-12-20/h5-15,25,34H,16H2,1-4H3/b26-24-. The molecule has 5 rings (SSSR count). The van der Waals surface area contributed by atoms with Gasteiger partial charge in [0, 0.05) is 11.3 Å². The quantitative estimate of drug-likeness (QED) is 0.0888. The molecule has 8 nitrogen and oxygen atoms in total. The number of aliphatic hydroxyl groups is 1. The Bertz CT molecular complexity index is 1600. The average Bonchev–Trinajstić information content (AvgIpc) is 3.54. The van der Waals surface area contributed by atoms with Crippen LogP contribution in [0.15, 0.2) is 76.6 Å². The Balaban J connectivity index is 1.57. The molecule has 1 atom stereocenters. The molecule has 1 aromatic heterocycles. The molecule has 1 N–H and O–H groups in total. The van der Waals surface area contributed by atoms with E-state index in [1.165, 1.54) is 47.8 Å². The third-order valence-electron chi connectivity index (χ3n) is 6.58. The maximum Gasteiger partial charge on any atom is 0.301 e. The molecular weight excluding hydrogens is 546 g/mol. The first-order valence-corrected chi connectivity index (χ1v) is 14.2. The van der Waals surface area contributed by atoms with Gasteiger partial charge in [-0.2, -0.15) is 0 Å². The number of anilines is 1. The van der Waals surface area contributed by atoms with Crippen LogP contribution in [-0.4, -0.2) is 41.2 Å². The molecule has 1 saturated heterocycles. The van der Waals surface area contributed by atoms with Crippen LogP contribution in [0.25, 0.3) is 5.76 Å². The number of hydrogen-bond donors (Lipinski definition) is 1. The minimum Gasteiger partial charge on any atom is -0.507 e. The molecule has 40 heavy (non-hydrogen) atoms. The van der Waals surface area contributed by atoms with Gasteiger partial charge in [-0.1, -0.05) is 88.8 Å². The van der Waals surface area contributed by atoms with Gasteiger partial charge in [-0.3, -0.25) is 14.5 Å². The van der Waals surface area contributed by atoms with E-state index in [9.17, 15) is 14.7 Å². The molecular formula is C30H27N3O5S2. The summed E-state index contributed by atoms with van der Waals surface area (Å²) in [5, 5.41) is 20.2. The SMILES string of the molecule is COc1ccc(C2/C(=C(/O)c3ccc(C)cc3)C(=O)C(=O)N2c2nnc(SCc3ccc(C)cc3)s2)cc1OC. The number of aromatic nitrogens is 2. The van der Waals surface area contributed by atoms with Crippen molar-refractivity contribution < 1.29 is 24.2 Å². The van der Waals surface area contributed by atoms with Crippen molar-refractivity contribution in [2.24, 2.45) is 0 Å². The maximum atomic E-state index is 13.5. The summed E-state index contributed by atoms with van der Waals surface area (Å²) < 4.78 is 11.5. The predicted molar refractivity (Wildman–Crippen MR) is 156 cm³/mol. The van der Waals surface area contributed by atoms with Crippen molar-refractivity contribution in [2.75, 3.05) is 19.1 Å². The lowest BCUT2D eigenvalue weighted by molar-refractivity contribution is -0.132. The van der Waals surface area contributed by atoms with Crippen molar-refractivity contribution in [3.8, 4) is 11.5 Å². The lowest BCUT2D eigenvalue weighted by atomic mass is 9.95. The van der Waals surface area contributed by atoms with E-state index in [0.29, 0.717) is 32.7 Å². The van der Waals surface area contributed by atoms with E-state index in [1.807, 2.05) is 26.0 Å². The topological polar surface area (TPSA) is 102 Å². The Hall–Kier alpha value is -4.15. The Morgan fingerprint density at radius 3 is 2.23 bits per heavy atom. The van der Waals surface area contributed by atoms with Crippen LogP contribution >= 0.6 is 23.1 Å². The molecule has 1 fully saturated rings. The van der Waals surface area contributed by atoms with Gasteiger partial charge < -0.3 is 14.6 Å². The van der Waals surface area contributed by atoms with Crippen molar-refractivity contribution >= 4 is 45.7 Å². The van der Waals surface area contributed by atoms with E-state index >= 15 is 0 Å². The molecule has 1 unspecified atom stereocenters. The van der Waals surface area contributed by atoms with Crippen LogP contribution in [0.3, 0.4) is 0 Å². The lowest BCUT2D eigenvalue weighted by Gasteiger charge is -2.23. The third-order valence-corrected chi connectivity index (χ3v) is 8.70. The first-order chi connectivity index (χ1) is 19.3. The third kappa shape index (κ3) is 5.32. The molecule has 0 spiro atoms. The van der Waals surface area contributed by atoms with E-state index in [1.54, 1.807) is 30.3 Å². The van der Waals surface area contributed by atoms with E-state index < -0.39 is 17.7 Å². The Kier molecular flexibility index (Phi) is 7.90. The summed E-state index contributed by atoms with van der Waals surface area (Å²) in [4.78, 5) is 28.3. The highest BCUT2D eigenvalue weighted by atomic mass is 32.2. The highest BCUT2D eigenvalue weighted by molar-refractivity contribution is 8.00. The molecule has 4 aromatic rings. The van der Waals surface area contributed by atoms with Crippen LogP contribution < -0.4 is 14.4 Å².